The van der Waals surface area contributed by atoms with Crippen LogP contribution in [0.4, 0.5) is 0 Å². The fraction of sp³-hybridized carbons (Fsp3) is 0.471. The molecule has 0 aliphatic carbocycles. The largest absolute Gasteiger partial charge is 0.384 e. The van der Waals surface area contributed by atoms with E-state index >= 15 is 0 Å². The molecule has 1 rings (SSSR count). The predicted octanol–water partition coefficient (Wildman–Crippen LogP) is 3.24. The molecule has 0 aliphatic rings. The molecule has 21 heavy (non-hydrogen) atoms. The molecule has 0 heterocycles. The highest BCUT2D eigenvalue weighted by Crippen LogP contribution is 2.17. The molecule has 0 spiro atoms. The fourth-order valence-corrected chi connectivity index (χ4v) is 2.10. The minimum absolute atomic E-state index is 0.122. The zero-order valence-electron chi connectivity index (χ0n) is 12.6. The first-order valence-electron chi connectivity index (χ1n) is 7.22. The summed E-state index contributed by atoms with van der Waals surface area (Å²) in [6, 6.07) is 4.99. The van der Waals surface area contributed by atoms with Gasteiger partial charge in [-0.1, -0.05) is 50.1 Å². The molecule has 1 aromatic rings. The van der Waals surface area contributed by atoms with Gasteiger partial charge in [0.05, 0.1) is 5.02 Å². The van der Waals surface area contributed by atoms with Crippen molar-refractivity contribution in [3.05, 3.63) is 34.3 Å². The second kappa shape index (κ2) is 9.44. The van der Waals surface area contributed by atoms with Crippen LogP contribution in [0.25, 0.3) is 0 Å². The molecule has 1 aromatic carbocycles. The normalized spacial score (nSPS) is 10.1. The molecule has 3 nitrogen and oxygen atoms in total. The highest BCUT2D eigenvalue weighted by Gasteiger charge is 2.07. The van der Waals surface area contributed by atoms with Gasteiger partial charge in [0.1, 0.15) is 6.61 Å². The van der Waals surface area contributed by atoms with Gasteiger partial charge < -0.3 is 10.4 Å². The average molecular weight is 308 g/mol. The summed E-state index contributed by atoms with van der Waals surface area (Å²) in [4.78, 5) is 12.0. The van der Waals surface area contributed by atoms with Crippen LogP contribution in [-0.2, 0) is 0 Å². The van der Waals surface area contributed by atoms with Crippen LogP contribution in [0, 0.1) is 17.8 Å². The van der Waals surface area contributed by atoms with E-state index in [1.165, 1.54) is 6.42 Å². The summed E-state index contributed by atoms with van der Waals surface area (Å²) in [6.07, 6.45) is 3.28. The Morgan fingerprint density at radius 1 is 1.38 bits per heavy atom. The van der Waals surface area contributed by atoms with Crippen LogP contribution >= 0.6 is 11.6 Å². The first kappa shape index (κ1) is 17.6. The molecule has 0 fully saturated rings. The van der Waals surface area contributed by atoms with Crippen LogP contribution < -0.4 is 5.32 Å². The Morgan fingerprint density at radius 2 is 2.14 bits per heavy atom. The van der Waals surface area contributed by atoms with Gasteiger partial charge in [0.25, 0.3) is 5.91 Å². The van der Waals surface area contributed by atoms with Gasteiger partial charge in [-0.2, -0.15) is 0 Å². The molecule has 0 saturated heterocycles. The fourth-order valence-electron chi connectivity index (χ4n) is 1.87. The van der Waals surface area contributed by atoms with E-state index in [-0.39, 0.29) is 12.5 Å². The number of hydrogen-bond acceptors (Lipinski definition) is 2. The SMILES string of the molecule is CC(C)CCCCNC(=O)c1ccc(C#CCO)c(Cl)c1. The van der Waals surface area contributed by atoms with Crippen LogP contribution in [-0.4, -0.2) is 24.2 Å². The quantitative estimate of drug-likeness (QED) is 0.626. The summed E-state index contributed by atoms with van der Waals surface area (Å²) in [5.41, 5.74) is 1.14. The van der Waals surface area contributed by atoms with Crippen molar-refractivity contribution in [2.75, 3.05) is 13.2 Å². The van der Waals surface area contributed by atoms with Gasteiger partial charge in [-0.3, -0.25) is 4.79 Å². The minimum atomic E-state index is -0.213. The second-order valence-corrected chi connectivity index (χ2v) is 5.71. The molecule has 0 radical (unpaired) electrons. The topological polar surface area (TPSA) is 49.3 Å². The first-order valence-corrected chi connectivity index (χ1v) is 7.60. The van der Waals surface area contributed by atoms with Crippen LogP contribution in [0.1, 0.15) is 49.0 Å². The third-order valence-electron chi connectivity index (χ3n) is 3.03. The van der Waals surface area contributed by atoms with E-state index in [4.69, 9.17) is 16.7 Å². The monoisotopic (exact) mass is 307 g/mol. The average Bonchev–Trinajstić information content (AvgIpc) is 2.45. The summed E-state index contributed by atoms with van der Waals surface area (Å²) < 4.78 is 0. The Labute approximate surface area is 131 Å². The minimum Gasteiger partial charge on any atom is -0.384 e. The maximum absolute atomic E-state index is 12.0. The molecule has 0 atom stereocenters. The van der Waals surface area contributed by atoms with Crippen LogP contribution in [0.3, 0.4) is 0 Å². The van der Waals surface area contributed by atoms with E-state index in [0.29, 0.717) is 28.6 Å². The Hall–Kier alpha value is -1.50. The Balaban J connectivity index is 2.49. The predicted molar refractivity (Wildman–Crippen MR) is 86.4 cm³/mol. The molecule has 4 heteroatoms. The molecule has 2 N–H and O–H groups in total. The van der Waals surface area contributed by atoms with Crippen molar-refractivity contribution in [3.8, 4) is 11.8 Å². The molecule has 114 valence electrons. The van der Waals surface area contributed by atoms with Gasteiger partial charge in [0.2, 0.25) is 0 Å². The number of rotatable bonds is 6. The summed E-state index contributed by atoms with van der Waals surface area (Å²) >= 11 is 6.06. The number of carbonyl (C=O) groups excluding carboxylic acids is 1. The lowest BCUT2D eigenvalue weighted by molar-refractivity contribution is 0.0953. The second-order valence-electron chi connectivity index (χ2n) is 5.30. The van der Waals surface area contributed by atoms with Crippen LogP contribution in [0.15, 0.2) is 18.2 Å². The summed E-state index contributed by atoms with van der Waals surface area (Å²) in [5, 5.41) is 12.0. The number of amides is 1. The Kier molecular flexibility index (Phi) is 7.89. The lowest BCUT2D eigenvalue weighted by Crippen LogP contribution is -2.24. The van der Waals surface area contributed by atoms with Gasteiger partial charge in [-0.15, -0.1) is 0 Å². The van der Waals surface area contributed by atoms with Crippen molar-refractivity contribution in [2.45, 2.75) is 33.1 Å². The van der Waals surface area contributed by atoms with Gasteiger partial charge in [-0.25, -0.2) is 0 Å². The zero-order valence-corrected chi connectivity index (χ0v) is 13.3. The number of aliphatic hydroxyl groups excluding tert-OH is 1. The Morgan fingerprint density at radius 3 is 2.76 bits per heavy atom. The maximum atomic E-state index is 12.0. The van der Waals surface area contributed by atoms with Gasteiger partial charge in [0.15, 0.2) is 0 Å². The molecular formula is C17H22ClNO2. The lowest BCUT2D eigenvalue weighted by Gasteiger charge is -2.07. The lowest BCUT2D eigenvalue weighted by atomic mass is 10.1. The van der Waals surface area contributed by atoms with Gasteiger partial charge in [0, 0.05) is 17.7 Å². The molecule has 0 bridgehead atoms. The third-order valence-corrected chi connectivity index (χ3v) is 3.34. The van der Waals surface area contributed by atoms with E-state index < -0.39 is 0 Å². The number of halogens is 1. The van der Waals surface area contributed by atoms with E-state index in [9.17, 15) is 4.79 Å². The van der Waals surface area contributed by atoms with E-state index in [0.717, 1.165) is 12.8 Å². The number of hydrogen-bond donors (Lipinski definition) is 2. The maximum Gasteiger partial charge on any atom is 0.251 e. The van der Waals surface area contributed by atoms with E-state index in [2.05, 4.69) is 31.0 Å². The van der Waals surface area contributed by atoms with Crippen molar-refractivity contribution < 1.29 is 9.90 Å². The summed E-state index contributed by atoms with van der Waals surface area (Å²) in [6.45, 7) is 4.85. The third kappa shape index (κ3) is 6.66. The number of carbonyl (C=O) groups is 1. The zero-order chi connectivity index (χ0) is 15.7. The van der Waals surface area contributed by atoms with Crippen molar-refractivity contribution in [1.29, 1.82) is 0 Å². The number of benzene rings is 1. The van der Waals surface area contributed by atoms with Crippen molar-refractivity contribution >= 4 is 17.5 Å². The number of aliphatic hydroxyl groups is 1. The van der Waals surface area contributed by atoms with Crippen molar-refractivity contribution in [2.24, 2.45) is 5.92 Å². The molecule has 1 amide bonds. The smallest absolute Gasteiger partial charge is 0.251 e. The van der Waals surface area contributed by atoms with Gasteiger partial charge >= 0.3 is 0 Å². The standard InChI is InChI=1S/C17H22ClNO2/c1-13(2)6-3-4-10-19-17(21)15-9-8-14(7-5-11-20)16(18)12-15/h8-9,12-13,20H,3-4,6,10-11H2,1-2H3,(H,19,21). The molecule has 0 saturated carbocycles. The van der Waals surface area contributed by atoms with E-state index in [1.54, 1.807) is 18.2 Å². The van der Waals surface area contributed by atoms with Crippen molar-refractivity contribution in [3.63, 3.8) is 0 Å². The summed E-state index contributed by atoms with van der Waals surface area (Å²) in [5.74, 6) is 5.85. The summed E-state index contributed by atoms with van der Waals surface area (Å²) in [7, 11) is 0. The highest BCUT2D eigenvalue weighted by molar-refractivity contribution is 6.32. The number of nitrogens with one attached hydrogen (secondary N) is 1. The molecule has 0 aromatic heterocycles. The first-order chi connectivity index (χ1) is 10.0. The van der Waals surface area contributed by atoms with Gasteiger partial charge in [-0.05, 0) is 30.5 Å². The molecule has 0 unspecified atom stereocenters. The van der Waals surface area contributed by atoms with Crippen LogP contribution in [0.2, 0.25) is 5.02 Å². The van der Waals surface area contributed by atoms with E-state index in [1.807, 2.05) is 0 Å². The Bertz CT molecular complexity index is 529. The molecule has 0 aliphatic heterocycles. The highest BCUT2D eigenvalue weighted by atomic mass is 35.5. The number of unbranched alkanes of at least 4 members (excludes halogenated alkanes) is 1. The van der Waals surface area contributed by atoms with Crippen molar-refractivity contribution in [1.82, 2.24) is 5.32 Å². The van der Waals surface area contributed by atoms with Crippen LogP contribution in [0.5, 0.6) is 0 Å². The molecular weight excluding hydrogens is 286 g/mol.